The van der Waals surface area contributed by atoms with Crippen molar-refractivity contribution in [2.24, 2.45) is 0 Å². The van der Waals surface area contributed by atoms with Crippen molar-refractivity contribution in [3.05, 3.63) is 47.3 Å². The van der Waals surface area contributed by atoms with Gasteiger partial charge in [-0.2, -0.15) is 0 Å². The lowest BCUT2D eigenvalue weighted by molar-refractivity contribution is 0.280. The number of ether oxygens (including phenoxy) is 1. The highest BCUT2D eigenvalue weighted by Gasteiger charge is 2.15. The molecule has 0 aliphatic heterocycles. The van der Waals surface area contributed by atoms with Gasteiger partial charge in [0.1, 0.15) is 5.75 Å². The highest BCUT2D eigenvalue weighted by Crippen LogP contribution is 2.29. The molecule has 0 aliphatic carbocycles. The predicted octanol–water partition coefficient (Wildman–Crippen LogP) is 3.37. The summed E-state index contributed by atoms with van der Waals surface area (Å²) in [5.41, 5.74) is 3.09. The Bertz CT molecular complexity index is 586. The Morgan fingerprint density at radius 2 is 1.80 bits per heavy atom. The first-order valence-corrected chi connectivity index (χ1v) is 6.61. The number of aliphatic hydroxyl groups is 1. The lowest BCUT2D eigenvalue weighted by Gasteiger charge is -2.20. The average molecular weight is 272 g/mol. The average Bonchev–Trinajstić information content (AvgIpc) is 2.41. The molecule has 0 saturated carbocycles. The molecule has 4 nitrogen and oxygen atoms in total. The van der Waals surface area contributed by atoms with Gasteiger partial charge in [0, 0.05) is 18.0 Å². The van der Waals surface area contributed by atoms with Gasteiger partial charge in [-0.3, -0.25) is 0 Å². The molecule has 0 aliphatic rings. The molecule has 1 heterocycles. The number of benzene rings is 1. The van der Waals surface area contributed by atoms with Gasteiger partial charge >= 0.3 is 6.01 Å². The smallest absolute Gasteiger partial charge is 0.321 e. The second kappa shape index (κ2) is 5.59. The molecule has 0 atom stereocenters. The maximum Gasteiger partial charge on any atom is 0.321 e. The maximum absolute atomic E-state index is 8.95. The van der Waals surface area contributed by atoms with Crippen molar-refractivity contribution >= 4 is 0 Å². The van der Waals surface area contributed by atoms with Gasteiger partial charge in [-0.05, 0) is 29.5 Å². The molecule has 1 aromatic heterocycles. The number of nitrogens with zero attached hydrogens (tertiary/aromatic N) is 2. The molecule has 0 unspecified atom stereocenters. The molecule has 4 heteroatoms. The van der Waals surface area contributed by atoms with Crippen molar-refractivity contribution in [1.29, 1.82) is 0 Å². The van der Waals surface area contributed by atoms with Gasteiger partial charge in [-0.15, -0.1) is 0 Å². The van der Waals surface area contributed by atoms with E-state index in [1.807, 2.05) is 13.0 Å². The summed E-state index contributed by atoms with van der Waals surface area (Å²) in [5, 5.41) is 8.95. The van der Waals surface area contributed by atoms with E-state index < -0.39 is 0 Å². The minimum atomic E-state index is -0.0699. The Kier molecular flexibility index (Phi) is 4.04. The zero-order valence-electron chi connectivity index (χ0n) is 12.3. The summed E-state index contributed by atoms with van der Waals surface area (Å²) in [6.45, 7) is 8.48. The van der Waals surface area contributed by atoms with Crippen molar-refractivity contribution in [3.63, 3.8) is 0 Å². The molecule has 0 fully saturated rings. The van der Waals surface area contributed by atoms with E-state index in [1.165, 1.54) is 5.56 Å². The van der Waals surface area contributed by atoms with E-state index in [-0.39, 0.29) is 18.0 Å². The molecular weight excluding hydrogens is 252 g/mol. The topological polar surface area (TPSA) is 55.2 Å². The largest absolute Gasteiger partial charge is 0.424 e. The van der Waals surface area contributed by atoms with Crippen LogP contribution in [0.2, 0.25) is 0 Å². The number of aromatic nitrogens is 2. The molecule has 20 heavy (non-hydrogen) atoms. The molecule has 1 aromatic carbocycles. The van der Waals surface area contributed by atoms with E-state index in [0.29, 0.717) is 5.56 Å². The third-order valence-corrected chi connectivity index (χ3v) is 3.11. The first-order chi connectivity index (χ1) is 9.40. The standard InChI is InChI=1S/C16H20N2O2/c1-11-7-13(16(2,3)4)5-6-14(11)20-15-17-8-12(10-19)9-18-15/h5-9,19H,10H2,1-4H3. The lowest BCUT2D eigenvalue weighted by atomic mass is 9.86. The number of hydrogen-bond donors (Lipinski definition) is 1. The van der Waals surface area contributed by atoms with Crippen molar-refractivity contribution in [3.8, 4) is 11.8 Å². The Morgan fingerprint density at radius 1 is 1.15 bits per heavy atom. The molecule has 1 N–H and O–H groups in total. The Balaban J connectivity index is 2.21. The van der Waals surface area contributed by atoms with E-state index in [1.54, 1.807) is 12.4 Å². The number of aryl methyl sites for hydroxylation is 1. The highest BCUT2D eigenvalue weighted by atomic mass is 16.5. The van der Waals surface area contributed by atoms with E-state index >= 15 is 0 Å². The summed E-state index contributed by atoms with van der Waals surface area (Å²) in [6, 6.07) is 6.41. The third kappa shape index (κ3) is 3.33. The minimum absolute atomic E-state index is 0.0699. The fourth-order valence-electron chi connectivity index (χ4n) is 1.81. The second-order valence-corrected chi connectivity index (χ2v) is 5.86. The van der Waals surface area contributed by atoms with Crippen LogP contribution in [0.5, 0.6) is 11.8 Å². The minimum Gasteiger partial charge on any atom is -0.424 e. The SMILES string of the molecule is Cc1cc(C(C)(C)C)ccc1Oc1ncc(CO)cn1. The van der Waals surface area contributed by atoms with Crippen LogP contribution in [0, 0.1) is 6.92 Å². The monoisotopic (exact) mass is 272 g/mol. The van der Waals surface area contributed by atoms with Gasteiger partial charge in [0.15, 0.2) is 0 Å². The van der Waals surface area contributed by atoms with Crippen molar-refractivity contribution < 1.29 is 9.84 Å². The quantitative estimate of drug-likeness (QED) is 0.930. The van der Waals surface area contributed by atoms with E-state index in [9.17, 15) is 0 Å². The van der Waals surface area contributed by atoms with Crippen LogP contribution >= 0.6 is 0 Å². The lowest BCUT2D eigenvalue weighted by Crippen LogP contribution is -2.11. The summed E-state index contributed by atoms with van der Waals surface area (Å²) in [7, 11) is 0. The van der Waals surface area contributed by atoms with E-state index in [4.69, 9.17) is 9.84 Å². The van der Waals surface area contributed by atoms with Gasteiger partial charge in [-0.25, -0.2) is 9.97 Å². The predicted molar refractivity (Wildman–Crippen MR) is 77.9 cm³/mol. The summed E-state index contributed by atoms with van der Waals surface area (Å²) in [5.74, 6) is 0.745. The highest BCUT2D eigenvalue weighted by molar-refractivity contribution is 5.39. The number of rotatable bonds is 3. The van der Waals surface area contributed by atoms with Gasteiger partial charge < -0.3 is 9.84 Å². The van der Waals surface area contributed by atoms with Gasteiger partial charge in [-0.1, -0.05) is 32.9 Å². The van der Waals surface area contributed by atoms with Crippen LogP contribution in [0.25, 0.3) is 0 Å². The van der Waals surface area contributed by atoms with Crippen LogP contribution in [0.1, 0.15) is 37.5 Å². The van der Waals surface area contributed by atoms with Crippen molar-refractivity contribution in [2.45, 2.75) is 39.7 Å². The van der Waals surface area contributed by atoms with Gasteiger partial charge in [0.2, 0.25) is 0 Å². The fraction of sp³-hybridized carbons (Fsp3) is 0.375. The van der Waals surface area contributed by atoms with Gasteiger partial charge in [0.25, 0.3) is 0 Å². The summed E-state index contributed by atoms with van der Waals surface area (Å²) >= 11 is 0. The molecule has 0 bridgehead atoms. The summed E-state index contributed by atoms with van der Waals surface area (Å²) in [6.07, 6.45) is 3.11. The molecular formula is C16H20N2O2. The van der Waals surface area contributed by atoms with Crippen LogP contribution in [-0.4, -0.2) is 15.1 Å². The van der Waals surface area contributed by atoms with Crippen LogP contribution in [-0.2, 0) is 12.0 Å². The normalized spacial score (nSPS) is 11.4. The van der Waals surface area contributed by atoms with Gasteiger partial charge in [0.05, 0.1) is 6.61 Å². The molecule has 106 valence electrons. The molecule has 2 rings (SSSR count). The third-order valence-electron chi connectivity index (χ3n) is 3.11. The zero-order chi connectivity index (χ0) is 14.8. The van der Waals surface area contributed by atoms with Crippen molar-refractivity contribution in [2.75, 3.05) is 0 Å². The molecule has 0 radical (unpaired) electrons. The van der Waals surface area contributed by atoms with E-state index in [2.05, 4.69) is 42.9 Å². The van der Waals surface area contributed by atoms with Crippen molar-refractivity contribution in [1.82, 2.24) is 9.97 Å². The molecule has 0 saturated heterocycles. The number of hydrogen-bond acceptors (Lipinski definition) is 4. The Hall–Kier alpha value is -1.94. The first-order valence-electron chi connectivity index (χ1n) is 6.61. The summed E-state index contributed by atoms with van der Waals surface area (Å²) < 4.78 is 5.67. The maximum atomic E-state index is 8.95. The Morgan fingerprint density at radius 3 is 2.30 bits per heavy atom. The zero-order valence-corrected chi connectivity index (χ0v) is 12.3. The van der Waals surface area contributed by atoms with Crippen LogP contribution in [0.4, 0.5) is 0 Å². The van der Waals surface area contributed by atoms with E-state index in [0.717, 1.165) is 11.3 Å². The van der Waals surface area contributed by atoms with Crippen LogP contribution in [0.3, 0.4) is 0 Å². The molecule has 0 spiro atoms. The Labute approximate surface area is 119 Å². The van der Waals surface area contributed by atoms with Crippen LogP contribution < -0.4 is 4.74 Å². The number of aliphatic hydroxyl groups excluding tert-OH is 1. The second-order valence-electron chi connectivity index (χ2n) is 5.86. The van der Waals surface area contributed by atoms with Crippen LogP contribution in [0.15, 0.2) is 30.6 Å². The first kappa shape index (κ1) is 14.5. The molecule has 0 amide bonds. The summed E-state index contributed by atoms with van der Waals surface area (Å²) in [4.78, 5) is 8.13. The fourth-order valence-corrected chi connectivity index (χ4v) is 1.81. The molecule has 2 aromatic rings.